The molecule has 0 bridgehead atoms. The number of hydrogen-bond donors (Lipinski definition) is 1. The summed E-state index contributed by atoms with van der Waals surface area (Å²) in [5.41, 5.74) is 1.76. The molecule has 0 saturated carbocycles. The molecule has 0 aliphatic carbocycles. The average Bonchev–Trinajstić information content (AvgIpc) is 2.78. The predicted molar refractivity (Wildman–Crippen MR) is 118 cm³/mol. The summed E-state index contributed by atoms with van der Waals surface area (Å²) in [6, 6.07) is 20.0. The summed E-state index contributed by atoms with van der Waals surface area (Å²) >= 11 is 0. The number of nitrogens with one attached hydrogen (secondary N) is 1. The van der Waals surface area contributed by atoms with Crippen LogP contribution in [0.2, 0.25) is 0 Å². The summed E-state index contributed by atoms with van der Waals surface area (Å²) < 4.78 is 11.9. The molecule has 3 aromatic rings. The second-order valence-electron chi connectivity index (χ2n) is 6.54. The quantitative estimate of drug-likeness (QED) is 0.586. The number of carbonyl (C=O) groups is 1. The molecule has 0 atom stereocenters. The molecule has 2 aromatic carbocycles. The van der Waals surface area contributed by atoms with E-state index in [2.05, 4.69) is 5.32 Å². The van der Waals surface area contributed by atoms with E-state index in [9.17, 15) is 9.59 Å². The van der Waals surface area contributed by atoms with Crippen molar-refractivity contribution in [1.82, 2.24) is 9.88 Å². The van der Waals surface area contributed by atoms with Gasteiger partial charge in [0.05, 0.1) is 14.2 Å². The van der Waals surface area contributed by atoms with Crippen LogP contribution < -0.4 is 20.3 Å². The van der Waals surface area contributed by atoms with Gasteiger partial charge in [-0.1, -0.05) is 42.5 Å². The minimum atomic E-state index is -0.339. The van der Waals surface area contributed by atoms with Crippen molar-refractivity contribution in [2.45, 2.75) is 6.42 Å². The van der Waals surface area contributed by atoms with Gasteiger partial charge in [-0.25, -0.2) is 0 Å². The van der Waals surface area contributed by atoms with Crippen molar-refractivity contribution < 1.29 is 14.3 Å². The number of benzene rings is 2. The van der Waals surface area contributed by atoms with E-state index < -0.39 is 0 Å². The summed E-state index contributed by atoms with van der Waals surface area (Å²) in [6.07, 6.45) is 3.92. The van der Waals surface area contributed by atoms with Gasteiger partial charge in [0.1, 0.15) is 5.70 Å². The van der Waals surface area contributed by atoms with Crippen LogP contribution in [0, 0.1) is 0 Å². The molecule has 3 rings (SSSR count). The molecule has 1 aromatic heterocycles. The molecule has 1 heterocycles. The van der Waals surface area contributed by atoms with Gasteiger partial charge in [-0.15, -0.1) is 0 Å². The van der Waals surface area contributed by atoms with E-state index in [1.807, 2.05) is 30.3 Å². The summed E-state index contributed by atoms with van der Waals surface area (Å²) in [5.74, 6) is 0.782. The fraction of sp³-hybridized carbons (Fsp3) is 0.167. The summed E-state index contributed by atoms with van der Waals surface area (Å²) in [5, 5.41) is 2.91. The van der Waals surface area contributed by atoms with Gasteiger partial charge in [0.15, 0.2) is 11.5 Å². The van der Waals surface area contributed by atoms with Crippen LogP contribution in [0.15, 0.2) is 77.7 Å². The Labute approximate surface area is 175 Å². The van der Waals surface area contributed by atoms with E-state index >= 15 is 0 Å². The molecule has 6 heteroatoms. The number of nitrogens with zero attached hydrogens (tertiary/aromatic N) is 1. The van der Waals surface area contributed by atoms with Crippen LogP contribution in [0.4, 0.5) is 0 Å². The van der Waals surface area contributed by atoms with Gasteiger partial charge in [0.25, 0.3) is 11.5 Å². The maximum atomic E-state index is 13.0. The van der Waals surface area contributed by atoms with Crippen molar-refractivity contribution in [3.05, 3.63) is 94.4 Å². The third-order valence-electron chi connectivity index (χ3n) is 4.57. The van der Waals surface area contributed by atoms with Gasteiger partial charge in [-0.2, -0.15) is 0 Å². The standard InChI is InChI=1S/C24H24N2O4/c1-29-21-12-11-19(17-22(21)30-2)16-20(26-15-7-6-10-23(26)27)24(28)25-14-13-18-8-4-3-5-9-18/h3-12,15-17H,13-14H2,1-2H3,(H,25,28). The number of carbonyl (C=O) groups excluding carboxylic acids is 1. The summed E-state index contributed by atoms with van der Waals surface area (Å²) in [4.78, 5) is 25.3. The smallest absolute Gasteiger partial charge is 0.268 e. The van der Waals surface area contributed by atoms with Crippen LogP contribution in [0.1, 0.15) is 11.1 Å². The average molecular weight is 404 g/mol. The molecule has 0 unspecified atom stereocenters. The Morgan fingerprint density at radius 3 is 2.40 bits per heavy atom. The third-order valence-corrected chi connectivity index (χ3v) is 4.57. The summed E-state index contributed by atoms with van der Waals surface area (Å²) in [6.45, 7) is 0.452. The fourth-order valence-corrected chi connectivity index (χ4v) is 3.03. The Balaban J connectivity index is 1.89. The Morgan fingerprint density at radius 1 is 0.967 bits per heavy atom. The minimum Gasteiger partial charge on any atom is -0.493 e. The molecular weight excluding hydrogens is 380 g/mol. The number of hydrogen-bond acceptors (Lipinski definition) is 4. The second kappa shape index (κ2) is 10.1. The van der Waals surface area contributed by atoms with E-state index in [0.717, 1.165) is 5.56 Å². The lowest BCUT2D eigenvalue weighted by atomic mass is 10.1. The highest BCUT2D eigenvalue weighted by atomic mass is 16.5. The molecule has 6 nitrogen and oxygen atoms in total. The molecular formula is C24H24N2O4. The van der Waals surface area contributed by atoms with E-state index in [1.54, 1.807) is 56.8 Å². The first-order valence-corrected chi connectivity index (χ1v) is 9.56. The first kappa shape index (κ1) is 20.9. The number of pyridine rings is 1. The Hall–Kier alpha value is -3.80. The third kappa shape index (κ3) is 5.17. The highest BCUT2D eigenvalue weighted by Gasteiger charge is 2.14. The van der Waals surface area contributed by atoms with Gasteiger partial charge in [0.2, 0.25) is 0 Å². The topological polar surface area (TPSA) is 69.6 Å². The Morgan fingerprint density at radius 2 is 1.70 bits per heavy atom. The van der Waals surface area contributed by atoms with E-state index in [1.165, 1.54) is 10.6 Å². The van der Waals surface area contributed by atoms with Crippen molar-refractivity contribution >= 4 is 17.7 Å². The normalized spacial score (nSPS) is 11.1. The van der Waals surface area contributed by atoms with Crippen LogP contribution >= 0.6 is 0 Å². The number of rotatable bonds is 8. The molecule has 154 valence electrons. The first-order chi connectivity index (χ1) is 14.6. The molecule has 0 spiro atoms. The van der Waals surface area contributed by atoms with Crippen molar-refractivity contribution in [3.63, 3.8) is 0 Å². The summed E-state index contributed by atoms with van der Waals surface area (Å²) in [7, 11) is 3.10. The molecule has 0 radical (unpaired) electrons. The Bertz CT molecular complexity index is 1090. The molecule has 0 saturated heterocycles. The molecule has 0 fully saturated rings. The zero-order chi connectivity index (χ0) is 21.3. The van der Waals surface area contributed by atoms with Gasteiger partial charge in [-0.05, 0) is 41.8 Å². The van der Waals surface area contributed by atoms with Gasteiger partial charge < -0.3 is 14.8 Å². The zero-order valence-electron chi connectivity index (χ0n) is 17.0. The van der Waals surface area contributed by atoms with E-state index in [-0.39, 0.29) is 17.2 Å². The van der Waals surface area contributed by atoms with Crippen molar-refractivity contribution in [1.29, 1.82) is 0 Å². The van der Waals surface area contributed by atoms with Crippen molar-refractivity contribution in [2.75, 3.05) is 20.8 Å². The van der Waals surface area contributed by atoms with Crippen molar-refractivity contribution in [2.24, 2.45) is 0 Å². The van der Waals surface area contributed by atoms with E-state index in [0.29, 0.717) is 30.0 Å². The number of ether oxygens (including phenoxy) is 2. The van der Waals surface area contributed by atoms with Crippen LogP contribution in [0.25, 0.3) is 11.8 Å². The predicted octanol–water partition coefficient (Wildman–Crippen LogP) is 3.22. The van der Waals surface area contributed by atoms with Gasteiger partial charge >= 0.3 is 0 Å². The zero-order valence-corrected chi connectivity index (χ0v) is 17.0. The van der Waals surface area contributed by atoms with Gasteiger partial charge in [0, 0.05) is 18.8 Å². The minimum absolute atomic E-state index is 0.223. The van der Waals surface area contributed by atoms with Crippen LogP contribution in [0.5, 0.6) is 11.5 Å². The number of methoxy groups -OCH3 is 2. The van der Waals surface area contributed by atoms with Gasteiger partial charge in [-0.3, -0.25) is 14.2 Å². The van der Waals surface area contributed by atoms with Crippen LogP contribution in [-0.4, -0.2) is 31.2 Å². The highest BCUT2D eigenvalue weighted by Crippen LogP contribution is 2.28. The second-order valence-corrected chi connectivity index (χ2v) is 6.54. The molecule has 1 N–H and O–H groups in total. The van der Waals surface area contributed by atoms with Crippen molar-refractivity contribution in [3.8, 4) is 11.5 Å². The largest absolute Gasteiger partial charge is 0.493 e. The fourth-order valence-electron chi connectivity index (χ4n) is 3.03. The Kier molecular flexibility index (Phi) is 7.05. The maximum absolute atomic E-state index is 13.0. The van der Waals surface area contributed by atoms with Crippen LogP contribution in [-0.2, 0) is 11.2 Å². The monoisotopic (exact) mass is 404 g/mol. The van der Waals surface area contributed by atoms with E-state index in [4.69, 9.17) is 9.47 Å². The molecule has 1 amide bonds. The lowest BCUT2D eigenvalue weighted by Gasteiger charge is -2.13. The van der Waals surface area contributed by atoms with Crippen LogP contribution in [0.3, 0.4) is 0 Å². The lowest BCUT2D eigenvalue weighted by molar-refractivity contribution is -0.115. The maximum Gasteiger partial charge on any atom is 0.268 e. The molecule has 0 aliphatic rings. The molecule has 0 aliphatic heterocycles. The lowest BCUT2D eigenvalue weighted by Crippen LogP contribution is -2.31. The number of aromatic nitrogens is 1. The number of amides is 1. The highest BCUT2D eigenvalue weighted by molar-refractivity contribution is 6.18. The molecule has 30 heavy (non-hydrogen) atoms. The SMILES string of the molecule is COc1ccc(C=C(C(=O)NCCc2ccccc2)n2ccccc2=O)cc1OC. The first-order valence-electron chi connectivity index (χ1n) is 9.56.